The minimum atomic E-state index is -0.107. The van der Waals surface area contributed by atoms with Gasteiger partial charge in [-0.2, -0.15) is 0 Å². The van der Waals surface area contributed by atoms with Gasteiger partial charge in [0.15, 0.2) is 0 Å². The summed E-state index contributed by atoms with van der Waals surface area (Å²) in [5.41, 5.74) is 0.699. The van der Waals surface area contributed by atoms with Crippen LogP contribution in [0.1, 0.15) is 12.0 Å². The van der Waals surface area contributed by atoms with Gasteiger partial charge in [-0.05, 0) is 18.2 Å². The highest BCUT2D eigenvalue weighted by molar-refractivity contribution is 5.76. The number of benzene rings is 2. The Labute approximate surface area is 118 Å². The smallest absolute Gasteiger partial charge is 0.223 e. The molecule has 0 saturated carbocycles. The lowest BCUT2D eigenvalue weighted by Crippen LogP contribution is -2.24. The monoisotopic (exact) mass is 271 g/mol. The van der Waals surface area contributed by atoms with E-state index in [1.165, 1.54) is 0 Å². The lowest BCUT2D eigenvalue weighted by molar-refractivity contribution is -0.121. The van der Waals surface area contributed by atoms with E-state index in [2.05, 4.69) is 5.32 Å². The Morgan fingerprint density at radius 2 is 1.75 bits per heavy atom. The quantitative estimate of drug-likeness (QED) is 0.848. The second-order valence-electron chi connectivity index (χ2n) is 4.32. The van der Waals surface area contributed by atoms with Crippen LogP contribution in [0.25, 0.3) is 0 Å². The van der Waals surface area contributed by atoms with Crippen LogP contribution in [0, 0.1) is 0 Å². The Kier molecular flexibility index (Phi) is 5.00. The number of para-hydroxylation sites is 2. The van der Waals surface area contributed by atoms with Gasteiger partial charge < -0.3 is 15.2 Å². The molecule has 4 nitrogen and oxygen atoms in total. The van der Waals surface area contributed by atoms with Gasteiger partial charge in [-0.25, -0.2) is 0 Å². The van der Waals surface area contributed by atoms with E-state index >= 15 is 0 Å². The Hall–Kier alpha value is -2.49. The second-order valence-corrected chi connectivity index (χ2v) is 4.32. The maximum Gasteiger partial charge on any atom is 0.223 e. The number of carbonyl (C=O) groups is 1. The fourth-order valence-corrected chi connectivity index (χ4v) is 1.72. The molecule has 20 heavy (non-hydrogen) atoms. The fourth-order valence-electron chi connectivity index (χ4n) is 1.72. The number of phenolic OH excluding ortho intramolecular Hbond substituents is 1. The van der Waals surface area contributed by atoms with E-state index in [4.69, 9.17) is 4.74 Å². The molecule has 0 unspecified atom stereocenters. The molecule has 4 heteroatoms. The molecule has 0 bridgehead atoms. The van der Waals surface area contributed by atoms with E-state index in [1.807, 2.05) is 36.4 Å². The SMILES string of the molecule is O=C(CCOc1ccccc1)NCc1ccccc1O. The highest BCUT2D eigenvalue weighted by atomic mass is 16.5. The molecule has 2 N–H and O–H groups in total. The zero-order chi connectivity index (χ0) is 14.2. The van der Waals surface area contributed by atoms with E-state index in [1.54, 1.807) is 18.2 Å². The Balaban J connectivity index is 1.70. The van der Waals surface area contributed by atoms with Gasteiger partial charge in [-0.3, -0.25) is 4.79 Å². The molecule has 0 aliphatic heterocycles. The van der Waals surface area contributed by atoms with Crippen molar-refractivity contribution in [1.29, 1.82) is 0 Å². The van der Waals surface area contributed by atoms with E-state index in [9.17, 15) is 9.90 Å². The summed E-state index contributed by atoms with van der Waals surface area (Å²) >= 11 is 0. The number of hydrogen-bond donors (Lipinski definition) is 2. The third kappa shape index (κ3) is 4.31. The van der Waals surface area contributed by atoms with Crippen LogP contribution in [-0.2, 0) is 11.3 Å². The largest absolute Gasteiger partial charge is 0.508 e. The zero-order valence-electron chi connectivity index (χ0n) is 11.1. The van der Waals surface area contributed by atoms with Crippen LogP contribution in [0.5, 0.6) is 11.5 Å². The van der Waals surface area contributed by atoms with Gasteiger partial charge in [0, 0.05) is 12.1 Å². The maximum absolute atomic E-state index is 11.6. The van der Waals surface area contributed by atoms with Crippen molar-refractivity contribution < 1.29 is 14.6 Å². The predicted molar refractivity (Wildman–Crippen MR) is 76.5 cm³/mol. The summed E-state index contributed by atoms with van der Waals surface area (Å²) in [5.74, 6) is 0.832. The first kappa shape index (κ1) is 13.9. The van der Waals surface area contributed by atoms with Crippen molar-refractivity contribution >= 4 is 5.91 Å². The van der Waals surface area contributed by atoms with E-state index in [-0.39, 0.29) is 18.1 Å². The molecule has 0 aromatic heterocycles. The fraction of sp³-hybridized carbons (Fsp3) is 0.188. The van der Waals surface area contributed by atoms with Gasteiger partial charge in [0.25, 0.3) is 0 Å². The lowest BCUT2D eigenvalue weighted by atomic mass is 10.2. The molecule has 2 rings (SSSR count). The van der Waals surface area contributed by atoms with Crippen LogP contribution in [0.4, 0.5) is 0 Å². The van der Waals surface area contributed by atoms with Gasteiger partial charge in [-0.15, -0.1) is 0 Å². The van der Waals surface area contributed by atoms with Gasteiger partial charge in [0.1, 0.15) is 11.5 Å². The number of rotatable bonds is 6. The molecule has 0 spiro atoms. The summed E-state index contributed by atoms with van der Waals surface area (Å²) in [6.45, 7) is 0.646. The molecule has 1 amide bonds. The summed E-state index contributed by atoms with van der Waals surface area (Å²) in [4.78, 5) is 11.6. The highest BCUT2D eigenvalue weighted by Crippen LogP contribution is 2.14. The van der Waals surface area contributed by atoms with Gasteiger partial charge in [0.2, 0.25) is 5.91 Å². The number of nitrogens with one attached hydrogen (secondary N) is 1. The van der Waals surface area contributed by atoms with Crippen LogP contribution in [0.2, 0.25) is 0 Å². The molecule has 0 atom stereocenters. The summed E-state index contributed by atoms with van der Waals surface area (Å²) in [6, 6.07) is 16.3. The first-order valence-electron chi connectivity index (χ1n) is 6.47. The maximum atomic E-state index is 11.6. The van der Waals surface area contributed by atoms with Crippen LogP contribution >= 0.6 is 0 Å². The van der Waals surface area contributed by atoms with E-state index in [0.717, 1.165) is 5.75 Å². The van der Waals surface area contributed by atoms with Crippen LogP contribution in [-0.4, -0.2) is 17.6 Å². The van der Waals surface area contributed by atoms with Gasteiger partial charge >= 0.3 is 0 Å². The number of phenols is 1. The molecule has 0 radical (unpaired) electrons. The third-order valence-electron chi connectivity index (χ3n) is 2.81. The predicted octanol–water partition coefficient (Wildman–Crippen LogP) is 2.48. The van der Waals surface area contributed by atoms with Crippen molar-refractivity contribution in [1.82, 2.24) is 5.32 Å². The van der Waals surface area contributed by atoms with Crippen molar-refractivity contribution in [2.24, 2.45) is 0 Å². The van der Waals surface area contributed by atoms with Gasteiger partial charge in [-0.1, -0.05) is 36.4 Å². The minimum Gasteiger partial charge on any atom is -0.508 e. The van der Waals surface area contributed by atoms with Crippen molar-refractivity contribution in [2.75, 3.05) is 6.61 Å². The molecule has 0 saturated heterocycles. The summed E-state index contributed by atoms with van der Waals surface area (Å²) < 4.78 is 5.44. The normalized spacial score (nSPS) is 10.0. The van der Waals surface area contributed by atoms with Crippen LogP contribution in [0.3, 0.4) is 0 Å². The standard InChI is InChI=1S/C16H17NO3/c18-15-9-5-4-6-13(15)12-17-16(19)10-11-20-14-7-2-1-3-8-14/h1-9,18H,10-12H2,(H,17,19). The molecule has 0 heterocycles. The third-order valence-corrected chi connectivity index (χ3v) is 2.81. The van der Waals surface area contributed by atoms with Crippen molar-refractivity contribution in [3.8, 4) is 11.5 Å². The second kappa shape index (κ2) is 7.19. The summed E-state index contributed by atoms with van der Waals surface area (Å²) in [6.07, 6.45) is 0.280. The molecule has 104 valence electrons. The molecule has 0 aliphatic rings. The highest BCUT2D eigenvalue weighted by Gasteiger charge is 2.04. The Bertz CT molecular complexity index is 555. The van der Waals surface area contributed by atoms with E-state index < -0.39 is 0 Å². The number of aromatic hydroxyl groups is 1. The molecular formula is C16H17NO3. The van der Waals surface area contributed by atoms with E-state index in [0.29, 0.717) is 18.7 Å². The van der Waals surface area contributed by atoms with Crippen molar-refractivity contribution in [3.63, 3.8) is 0 Å². The molecular weight excluding hydrogens is 254 g/mol. The molecule has 0 fully saturated rings. The molecule has 2 aromatic rings. The number of ether oxygens (including phenoxy) is 1. The average molecular weight is 271 g/mol. The number of hydrogen-bond acceptors (Lipinski definition) is 3. The number of carbonyl (C=O) groups excluding carboxylic acids is 1. The first-order valence-corrected chi connectivity index (χ1v) is 6.47. The van der Waals surface area contributed by atoms with Crippen LogP contribution in [0.15, 0.2) is 54.6 Å². The molecule has 0 aliphatic carbocycles. The van der Waals surface area contributed by atoms with Crippen LogP contribution < -0.4 is 10.1 Å². The van der Waals surface area contributed by atoms with Gasteiger partial charge in [0.05, 0.1) is 13.0 Å². The Morgan fingerprint density at radius 3 is 2.50 bits per heavy atom. The topological polar surface area (TPSA) is 58.6 Å². The van der Waals surface area contributed by atoms with Crippen molar-refractivity contribution in [2.45, 2.75) is 13.0 Å². The Morgan fingerprint density at radius 1 is 1.05 bits per heavy atom. The first-order chi connectivity index (χ1) is 9.75. The average Bonchev–Trinajstić information content (AvgIpc) is 2.47. The zero-order valence-corrected chi connectivity index (χ0v) is 11.1. The van der Waals surface area contributed by atoms with Crippen molar-refractivity contribution in [3.05, 3.63) is 60.2 Å². The summed E-state index contributed by atoms with van der Waals surface area (Å²) in [7, 11) is 0. The number of amides is 1. The lowest BCUT2D eigenvalue weighted by Gasteiger charge is -2.08. The molecule has 2 aromatic carbocycles. The summed E-state index contributed by atoms with van der Waals surface area (Å²) in [5, 5.41) is 12.3. The minimum absolute atomic E-state index is 0.107.